The number of phosphoric ester groups is 1. The van der Waals surface area contributed by atoms with E-state index in [1.165, 1.54) is 24.3 Å². The molecule has 0 aliphatic carbocycles. The average molecular weight is 1070 g/mol. The van der Waals surface area contributed by atoms with Gasteiger partial charge in [0.2, 0.25) is 0 Å². The van der Waals surface area contributed by atoms with Gasteiger partial charge >= 0.3 is 26.3 Å². The third-order valence-electron chi connectivity index (χ3n) is 10.6. The number of hydrogen-bond donors (Lipinski definition) is 5. The van der Waals surface area contributed by atoms with Crippen molar-refractivity contribution in [3.8, 4) is 11.5 Å². The van der Waals surface area contributed by atoms with E-state index in [9.17, 15) is 37.7 Å². The molecule has 0 bridgehead atoms. The zero-order valence-electron chi connectivity index (χ0n) is 38.0. The SMILES string of the molecule is Nc1ncnc2c1ncn2[C@@H]1O[C@H](COP(=O)(O)SCc2ccc(OC(=O)c3ccc(OCCOCCOCCOCCCO)cc3)cc2)[C@@H](OP(=O)(O)OC[C@@H]2C[C@@H](F)[C@H](n3ccc(=O)[nH]c3=O)O2)[C@H]1F. The number of anilines is 1. The van der Waals surface area contributed by atoms with Crippen molar-refractivity contribution in [2.45, 2.75) is 61.7 Å². The summed E-state index contributed by atoms with van der Waals surface area (Å²) in [5.41, 5.74) is 5.08. The molecule has 0 amide bonds. The van der Waals surface area contributed by atoms with Gasteiger partial charge in [0.25, 0.3) is 5.56 Å². The number of fused-ring (bicyclic) bond motifs is 1. The Kier molecular flexibility index (Phi) is 19.6. The number of nitrogen functional groups attached to an aromatic ring is 1. The van der Waals surface area contributed by atoms with Gasteiger partial charge in [0.15, 0.2) is 30.1 Å². The Balaban J connectivity index is 0.882. The molecule has 30 heteroatoms. The van der Waals surface area contributed by atoms with Gasteiger partial charge in [0.05, 0.1) is 64.2 Å². The molecule has 392 valence electrons. The van der Waals surface area contributed by atoms with E-state index in [-0.39, 0.29) is 47.3 Å². The summed E-state index contributed by atoms with van der Waals surface area (Å²) in [5.74, 6) is -0.0833. The molecule has 6 N–H and O–H groups in total. The van der Waals surface area contributed by atoms with Crippen LogP contribution in [0.3, 0.4) is 0 Å². The van der Waals surface area contributed by atoms with Gasteiger partial charge in [-0.05, 0) is 59.8 Å². The van der Waals surface area contributed by atoms with Crippen LogP contribution in [0.1, 0.15) is 41.2 Å². The summed E-state index contributed by atoms with van der Waals surface area (Å²) in [7, 11) is -5.27. The quantitative estimate of drug-likeness (QED) is 0.0207. The second kappa shape index (κ2) is 25.8. The number of alkyl halides is 2. The van der Waals surface area contributed by atoms with Gasteiger partial charge in [0.1, 0.15) is 48.3 Å². The fourth-order valence-corrected chi connectivity index (χ4v) is 10.3. The first kappa shape index (κ1) is 54.7. The summed E-state index contributed by atoms with van der Waals surface area (Å²) in [6.07, 6.45) is -8.68. The average Bonchev–Trinajstić information content (AvgIpc) is 4.05. The van der Waals surface area contributed by atoms with Crippen molar-refractivity contribution in [1.82, 2.24) is 29.1 Å². The Morgan fingerprint density at radius 3 is 2.25 bits per heavy atom. The number of hydrogen-bond acceptors (Lipinski definition) is 21. The van der Waals surface area contributed by atoms with Crippen LogP contribution in [-0.4, -0.2) is 147 Å². The second-order valence-electron chi connectivity index (χ2n) is 15.7. The van der Waals surface area contributed by atoms with E-state index >= 15 is 4.39 Å². The third kappa shape index (κ3) is 15.3. The molecule has 9 atom stereocenters. The van der Waals surface area contributed by atoms with Crippen molar-refractivity contribution in [3.05, 3.63) is 105 Å². The number of ether oxygens (including phenoxy) is 7. The second-order valence-corrected chi connectivity index (χ2v) is 21.0. The van der Waals surface area contributed by atoms with Crippen LogP contribution in [0.15, 0.2) is 83.0 Å². The molecule has 2 fully saturated rings. The molecule has 5 aromatic rings. The molecule has 2 aliphatic rings. The number of phosphoric acid groups is 1. The number of halogens is 2. The van der Waals surface area contributed by atoms with Gasteiger partial charge in [-0.1, -0.05) is 12.1 Å². The maximum Gasteiger partial charge on any atom is 0.472 e. The number of nitrogens with two attached hydrogens (primary N) is 1. The van der Waals surface area contributed by atoms with Crippen molar-refractivity contribution in [3.63, 3.8) is 0 Å². The number of H-pyrrole nitrogens is 1. The van der Waals surface area contributed by atoms with Gasteiger partial charge in [-0.15, -0.1) is 0 Å². The predicted octanol–water partition coefficient (Wildman–Crippen LogP) is 3.40. The number of nitrogens with one attached hydrogen (secondary N) is 1. The van der Waals surface area contributed by atoms with Crippen LogP contribution in [0.2, 0.25) is 0 Å². The van der Waals surface area contributed by atoms with E-state index in [1.54, 1.807) is 24.3 Å². The van der Waals surface area contributed by atoms with Gasteiger partial charge < -0.3 is 53.8 Å². The van der Waals surface area contributed by atoms with Crippen molar-refractivity contribution in [1.29, 1.82) is 0 Å². The molecule has 0 saturated carbocycles. The van der Waals surface area contributed by atoms with Crippen molar-refractivity contribution >= 4 is 49.0 Å². The summed E-state index contributed by atoms with van der Waals surface area (Å²) in [4.78, 5) is 72.1. The number of aliphatic hydroxyl groups is 1. The number of imidazole rings is 1. The molecule has 5 heterocycles. The number of nitrogens with zero attached hydrogens (tertiary/aromatic N) is 5. The topological polar surface area (TPSA) is 329 Å². The summed E-state index contributed by atoms with van der Waals surface area (Å²) in [6, 6.07) is 13.3. The van der Waals surface area contributed by atoms with E-state index < -0.39 is 94.6 Å². The Morgan fingerprint density at radius 2 is 1.54 bits per heavy atom. The van der Waals surface area contributed by atoms with Crippen LogP contribution in [0, 0.1) is 0 Å². The number of aliphatic hydroxyl groups excluding tert-OH is 1. The van der Waals surface area contributed by atoms with Crippen LogP contribution in [0.25, 0.3) is 11.2 Å². The fourth-order valence-electron chi connectivity index (χ4n) is 7.07. The zero-order valence-corrected chi connectivity index (χ0v) is 40.6. The number of carbonyl (C=O) groups is 1. The molecule has 0 spiro atoms. The highest BCUT2D eigenvalue weighted by Gasteiger charge is 2.51. The lowest BCUT2D eigenvalue weighted by Gasteiger charge is -2.23. The first-order valence-corrected chi connectivity index (χ1v) is 26.8. The van der Waals surface area contributed by atoms with E-state index in [0.29, 0.717) is 68.8 Å². The number of aromatic nitrogens is 6. The molecular weight excluding hydrogens is 1020 g/mol. The lowest BCUT2D eigenvalue weighted by Crippen LogP contribution is -2.34. The molecular formula is C42H51F2N7O18P2S. The monoisotopic (exact) mass is 1070 g/mol. The minimum absolute atomic E-state index is 0.0182. The van der Waals surface area contributed by atoms with Crippen molar-refractivity contribution in [2.24, 2.45) is 0 Å². The minimum Gasteiger partial charge on any atom is -0.491 e. The van der Waals surface area contributed by atoms with Gasteiger partial charge in [-0.2, -0.15) is 0 Å². The van der Waals surface area contributed by atoms with Crippen LogP contribution in [0.5, 0.6) is 11.5 Å². The minimum atomic E-state index is -5.27. The first-order chi connectivity index (χ1) is 34.6. The van der Waals surface area contributed by atoms with Crippen LogP contribution >= 0.6 is 26.0 Å². The maximum absolute atomic E-state index is 16.4. The normalized spacial score (nSPS) is 22.7. The molecule has 2 unspecified atom stereocenters. The van der Waals surface area contributed by atoms with Gasteiger partial charge in [-0.25, -0.2) is 42.5 Å². The highest BCUT2D eigenvalue weighted by atomic mass is 32.7. The molecule has 7 rings (SSSR count). The third-order valence-corrected chi connectivity index (χ3v) is 14.5. The molecule has 72 heavy (non-hydrogen) atoms. The van der Waals surface area contributed by atoms with Gasteiger partial charge in [0, 0.05) is 37.7 Å². The maximum atomic E-state index is 16.4. The Hall–Kier alpha value is -5.03. The summed E-state index contributed by atoms with van der Waals surface area (Å²) in [6.45, 7) is -3.42. The predicted molar refractivity (Wildman–Crippen MR) is 249 cm³/mol. The number of esters is 1. The van der Waals surface area contributed by atoms with E-state index in [2.05, 4.69) is 15.0 Å². The molecule has 25 nitrogen and oxygen atoms in total. The molecule has 2 saturated heterocycles. The molecule has 3 aromatic heterocycles. The number of carbonyl (C=O) groups excluding carboxylic acids is 1. The van der Waals surface area contributed by atoms with E-state index in [4.69, 9.17) is 57.6 Å². The summed E-state index contributed by atoms with van der Waals surface area (Å²) < 4.78 is 114. The molecule has 2 aliphatic heterocycles. The highest BCUT2D eigenvalue weighted by molar-refractivity contribution is 8.54. The number of rotatable bonds is 28. The van der Waals surface area contributed by atoms with Gasteiger partial charge in [-0.3, -0.25) is 32.5 Å². The number of aromatic amines is 1. The Bertz CT molecular complexity index is 2780. The smallest absolute Gasteiger partial charge is 0.472 e. The lowest BCUT2D eigenvalue weighted by atomic mass is 10.1. The fraction of sp³-hybridized carbons (Fsp3) is 0.476. The molecule has 2 aromatic carbocycles. The number of benzene rings is 2. The Morgan fingerprint density at radius 1 is 0.847 bits per heavy atom. The van der Waals surface area contributed by atoms with Crippen molar-refractivity contribution < 1.29 is 84.3 Å². The lowest BCUT2D eigenvalue weighted by molar-refractivity contribution is -0.0500. The summed E-state index contributed by atoms with van der Waals surface area (Å²) >= 11 is 0.485. The van der Waals surface area contributed by atoms with Crippen LogP contribution in [-0.2, 0) is 52.1 Å². The summed E-state index contributed by atoms with van der Waals surface area (Å²) in [5, 5.41) is 8.73. The largest absolute Gasteiger partial charge is 0.491 e. The standard InChI is InChI=1S/C42H51F2N7O18P2S/c43-31-20-30(66-39(31)50-11-10-33(53)49-42(50)55)21-64-70(56,57)69-36-32(68-40(34(36)44)51-25-48-35-37(45)46-24-47-38(35)51)22-65-71(58,59)72-23-26-2-6-29(7-3-26)67-41(54)27-4-8-28(9-5-27)63-19-18-62-17-16-61-15-14-60-13-1-12-52/h2-11,24-25,30-32,34,36,39-40,52H,1,12-23H2,(H,56,57)(H,58,59)(H2,45,46,47)(H,49,53,55)/t30-,31+,32+,34+,36+,39+,40+/m0/s1. The van der Waals surface area contributed by atoms with E-state index in [0.717, 1.165) is 34.1 Å². The molecule has 0 radical (unpaired) electrons. The van der Waals surface area contributed by atoms with Crippen LogP contribution < -0.4 is 26.5 Å². The highest BCUT2D eigenvalue weighted by Crippen LogP contribution is 2.58. The van der Waals surface area contributed by atoms with Crippen molar-refractivity contribution in [2.75, 3.05) is 71.8 Å². The van der Waals surface area contributed by atoms with E-state index in [1.807, 2.05) is 4.98 Å². The first-order valence-electron chi connectivity index (χ1n) is 22.1. The van der Waals surface area contributed by atoms with Crippen LogP contribution in [0.4, 0.5) is 14.6 Å². The zero-order chi connectivity index (χ0) is 51.3. The Labute approximate surface area is 411 Å².